The molecule has 0 aliphatic rings. The molecular weight excluding hydrogens is 243 g/mol. The summed E-state index contributed by atoms with van der Waals surface area (Å²) >= 11 is 2.05. The first-order valence-electron chi connectivity index (χ1n) is 3.29. The van der Waals surface area contributed by atoms with Crippen LogP contribution in [0.15, 0.2) is 0 Å². The molecule has 0 aliphatic carbocycles. The first kappa shape index (κ1) is 10.2. The lowest BCUT2D eigenvalue weighted by Gasteiger charge is -2.05. The summed E-state index contributed by atoms with van der Waals surface area (Å²) in [7, 11) is 0. The summed E-state index contributed by atoms with van der Waals surface area (Å²) in [6.45, 7) is 5.29. The standard InChI is InChI=1S/C6H13IN2O/c1-5(2)6(10)8-3-4-9-7/h5,9H,3-4H2,1-2H3,(H,8,10). The molecule has 0 spiro atoms. The van der Waals surface area contributed by atoms with Crippen LogP contribution in [-0.2, 0) is 4.79 Å². The Hall–Kier alpha value is 0.160. The number of amides is 1. The van der Waals surface area contributed by atoms with Crippen molar-refractivity contribution in [2.75, 3.05) is 13.1 Å². The molecule has 0 aromatic heterocycles. The highest BCUT2D eigenvalue weighted by atomic mass is 127. The predicted octanol–water partition coefficient (Wildman–Crippen LogP) is 0.698. The van der Waals surface area contributed by atoms with Crippen LogP contribution in [0.1, 0.15) is 13.8 Å². The second-order valence-electron chi connectivity index (χ2n) is 2.33. The fourth-order valence-corrected chi connectivity index (χ4v) is 0.707. The van der Waals surface area contributed by atoms with Gasteiger partial charge in [-0.05, 0) is 0 Å². The van der Waals surface area contributed by atoms with E-state index in [1.165, 1.54) is 0 Å². The third kappa shape index (κ3) is 4.99. The van der Waals surface area contributed by atoms with Gasteiger partial charge in [-0.25, -0.2) is 0 Å². The number of carbonyl (C=O) groups is 1. The van der Waals surface area contributed by atoms with Crippen molar-refractivity contribution < 1.29 is 4.79 Å². The van der Waals surface area contributed by atoms with Crippen LogP contribution in [0.3, 0.4) is 0 Å². The average molecular weight is 256 g/mol. The van der Waals surface area contributed by atoms with Gasteiger partial charge in [0.1, 0.15) is 0 Å². The molecular formula is C6H13IN2O. The van der Waals surface area contributed by atoms with Crippen LogP contribution in [-0.4, -0.2) is 19.0 Å². The third-order valence-electron chi connectivity index (χ3n) is 1.04. The normalized spacial score (nSPS) is 10.0. The monoisotopic (exact) mass is 256 g/mol. The quantitative estimate of drug-likeness (QED) is 0.441. The molecule has 0 radical (unpaired) electrons. The molecule has 2 N–H and O–H groups in total. The van der Waals surface area contributed by atoms with Gasteiger partial charge in [0.25, 0.3) is 0 Å². The van der Waals surface area contributed by atoms with Gasteiger partial charge in [-0.1, -0.05) is 13.8 Å². The molecule has 0 aromatic carbocycles. The van der Waals surface area contributed by atoms with Crippen LogP contribution in [0.4, 0.5) is 0 Å². The van der Waals surface area contributed by atoms with Crippen molar-refractivity contribution in [3.8, 4) is 0 Å². The maximum absolute atomic E-state index is 10.9. The molecule has 60 valence electrons. The molecule has 1 amide bonds. The van der Waals surface area contributed by atoms with Crippen molar-refractivity contribution in [2.24, 2.45) is 5.92 Å². The molecule has 10 heavy (non-hydrogen) atoms. The zero-order valence-corrected chi connectivity index (χ0v) is 8.44. The number of nitrogens with one attached hydrogen (secondary N) is 2. The Kier molecular flexibility index (Phi) is 6.00. The van der Waals surface area contributed by atoms with E-state index >= 15 is 0 Å². The average Bonchev–Trinajstić information content (AvgIpc) is 1.88. The Morgan fingerprint density at radius 1 is 1.50 bits per heavy atom. The molecule has 0 bridgehead atoms. The lowest BCUT2D eigenvalue weighted by atomic mass is 10.2. The highest BCUT2D eigenvalue weighted by molar-refractivity contribution is 14.1. The minimum absolute atomic E-state index is 0.0919. The Labute approximate surface area is 75.4 Å². The van der Waals surface area contributed by atoms with Gasteiger partial charge in [-0.3, -0.25) is 8.32 Å². The van der Waals surface area contributed by atoms with Gasteiger partial charge in [-0.2, -0.15) is 0 Å². The molecule has 0 heterocycles. The van der Waals surface area contributed by atoms with E-state index < -0.39 is 0 Å². The smallest absolute Gasteiger partial charge is 0.222 e. The maximum atomic E-state index is 10.9. The minimum atomic E-state index is 0.0919. The third-order valence-corrected chi connectivity index (χ3v) is 1.58. The van der Waals surface area contributed by atoms with Gasteiger partial charge in [-0.15, -0.1) is 0 Å². The molecule has 0 rings (SSSR count). The van der Waals surface area contributed by atoms with Crippen LogP contribution in [0.5, 0.6) is 0 Å². The predicted molar refractivity (Wildman–Crippen MR) is 49.9 cm³/mol. The van der Waals surface area contributed by atoms with Gasteiger partial charge < -0.3 is 5.32 Å². The Balaban J connectivity index is 3.22. The molecule has 0 atom stereocenters. The van der Waals surface area contributed by atoms with E-state index in [1.807, 2.05) is 13.8 Å². The maximum Gasteiger partial charge on any atom is 0.222 e. The van der Waals surface area contributed by atoms with Crippen LogP contribution in [0.25, 0.3) is 0 Å². The van der Waals surface area contributed by atoms with Crippen molar-refractivity contribution in [3.05, 3.63) is 0 Å². The zero-order valence-electron chi connectivity index (χ0n) is 6.28. The zero-order chi connectivity index (χ0) is 7.98. The lowest BCUT2D eigenvalue weighted by Crippen LogP contribution is -2.32. The molecule has 0 unspecified atom stereocenters. The largest absolute Gasteiger partial charge is 0.355 e. The number of rotatable bonds is 4. The molecule has 4 heteroatoms. The van der Waals surface area contributed by atoms with Crippen molar-refractivity contribution in [3.63, 3.8) is 0 Å². The van der Waals surface area contributed by atoms with Crippen molar-refractivity contribution >= 4 is 28.8 Å². The van der Waals surface area contributed by atoms with Crippen LogP contribution < -0.4 is 8.85 Å². The molecule has 3 nitrogen and oxygen atoms in total. The SMILES string of the molecule is CC(C)C(=O)NCCNI. The molecule has 0 aromatic rings. The highest BCUT2D eigenvalue weighted by Gasteiger charge is 2.03. The molecule has 0 saturated carbocycles. The van der Waals surface area contributed by atoms with E-state index in [0.29, 0.717) is 6.54 Å². The topological polar surface area (TPSA) is 41.1 Å². The van der Waals surface area contributed by atoms with Crippen LogP contribution in [0.2, 0.25) is 0 Å². The molecule has 0 fully saturated rings. The van der Waals surface area contributed by atoms with Crippen molar-refractivity contribution in [1.82, 2.24) is 8.85 Å². The van der Waals surface area contributed by atoms with E-state index in [-0.39, 0.29) is 11.8 Å². The number of hydrogen-bond acceptors (Lipinski definition) is 2. The van der Waals surface area contributed by atoms with E-state index in [1.54, 1.807) is 0 Å². The van der Waals surface area contributed by atoms with Crippen LogP contribution >= 0.6 is 22.9 Å². The fraction of sp³-hybridized carbons (Fsp3) is 0.833. The summed E-state index contributed by atoms with van der Waals surface area (Å²) < 4.78 is 2.92. The Bertz CT molecular complexity index is 106. The summed E-state index contributed by atoms with van der Waals surface area (Å²) in [5, 5.41) is 2.78. The first-order valence-corrected chi connectivity index (χ1v) is 4.37. The second-order valence-corrected chi connectivity index (χ2v) is 3.09. The lowest BCUT2D eigenvalue weighted by molar-refractivity contribution is -0.123. The van der Waals surface area contributed by atoms with E-state index in [4.69, 9.17) is 0 Å². The second kappa shape index (κ2) is 5.91. The Morgan fingerprint density at radius 2 is 2.10 bits per heavy atom. The van der Waals surface area contributed by atoms with Crippen molar-refractivity contribution in [2.45, 2.75) is 13.8 Å². The van der Waals surface area contributed by atoms with Gasteiger partial charge in [0.2, 0.25) is 5.91 Å². The number of hydrogen-bond donors (Lipinski definition) is 2. The van der Waals surface area contributed by atoms with E-state index in [2.05, 4.69) is 31.7 Å². The summed E-state index contributed by atoms with van der Waals surface area (Å²) in [6.07, 6.45) is 0. The first-order chi connectivity index (χ1) is 4.68. The highest BCUT2D eigenvalue weighted by Crippen LogP contribution is 1.88. The Morgan fingerprint density at radius 3 is 2.50 bits per heavy atom. The van der Waals surface area contributed by atoms with Crippen molar-refractivity contribution in [1.29, 1.82) is 0 Å². The molecule has 0 saturated heterocycles. The van der Waals surface area contributed by atoms with Crippen LogP contribution in [0, 0.1) is 5.92 Å². The van der Waals surface area contributed by atoms with Gasteiger partial charge in [0, 0.05) is 41.9 Å². The fourth-order valence-electron chi connectivity index (χ4n) is 0.437. The number of halogens is 1. The van der Waals surface area contributed by atoms with E-state index in [0.717, 1.165) is 6.54 Å². The summed E-state index contributed by atoms with van der Waals surface area (Å²) in [4.78, 5) is 10.9. The van der Waals surface area contributed by atoms with Gasteiger partial charge in [0.05, 0.1) is 0 Å². The van der Waals surface area contributed by atoms with Gasteiger partial charge >= 0.3 is 0 Å². The summed E-state index contributed by atoms with van der Waals surface area (Å²) in [6, 6.07) is 0. The molecule has 0 aliphatic heterocycles. The van der Waals surface area contributed by atoms with Gasteiger partial charge in [0.15, 0.2) is 0 Å². The minimum Gasteiger partial charge on any atom is -0.355 e. The summed E-state index contributed by atoms with van der Waals surface area (Å²) in [5.41, 5.74) is 0. The summed E-state index contributed by atoms with van der Waals surface area (Å²) in [5.74, 6) is 0.209. The number of carbonyl (C=O) groups excluding carboxylic acids is 1. The van der Waals surface area contributed by atoms with E-state index in [9.17, 15) is 4.79 Å².